The van der Waals surface area contributed by atoms with Crippen molar-refractivity contribution in [3.8, 4) is 5.75 Å². The minimum Gasteiger partial charge on any atom is -0.425 e. The van der Waals surface area contributed by atoms with Crippen molar-refractivity contribution in [2.45, 2.75) is 0 Å². The van der Waals surface area contributed by atoms with Crippen LogP contribution in [-0.2, 0) is 4.79 Å². The minimum absolute atomic E-state index is 0.0323. The Kier molecular flexibility index (Phi) is 4.41. The van der Waals surface area contributed by atoms with E-state index in [0.717, 1.165) is 22.5 Å². The number of rotatable bonds is 4. The third kappa shape index (κ3) is 3.48. The highest BCUT2D eigenvalue weighted by Gasteiger charge is 2.08. The van der Waals surface area contributed by atoms with Crippen LogP contribution in [-0.4, -0.2) is 11.7 Å². The summed E-state index contributed by atoms with van der Waals surface area (Å²) in [6, 6.07) is 13.1. The number of hydrogen-bond donors (Lipinski definition) is 1. The number of fused-ring (bicyclic) bond motifs is 1. The van der Waals surface area contributed by atoms with E-state index >= 15 is 0 Å². The average Bonchev–Trinajstić information content (AvgIpc) is 2.45. The fraction of sp³-hybridized carbons (Fsp3) is 0.0714. The molecule has 0 heterocycles. The summed E-state index contributed by atoms with van der Waals surface area (Å²) in [4.78, 5) is 11.6. The van der Waals surface area contributed by atoms with E-state index < -0.39 is 5.97 Å². The lowest BCUT2D eigenvalue weighted by Gasteiger charge is -2.07. The van der Waals surface area contributed by atoms with Crippen LogP contribution in [0.4, 0.5) is 4.39 Å². The molecule has 0 aliphatic heterocycles. The largest absolute Gasteiger partial charge is 0.425 e. The molecule has 0 radical (unpaired) electrons. The Morgan fingerprint density at radius 1 is 1.26 bits per heavy atom. The summed E-state index contributed by atoms with van der Waals surface area (Å²) in [5.74, 6) is -0.00666. The van der Waals surface area contributed by atoms with Gasteiger partial charge in [-0.1, -0.05) is 48.2 Å². The first kappa shape index (κ1) is 13.4. The molecule has 0 atom stereocenters. The van der Waals surface area contributed by atoms with Gasteiger partial charge in [0.25, 0.3) is 0 Å². The van der Waals surface area contributed by atoms with E-state index in [9.17, 15) is 9.18 Å². The fourth-order valence-electron chi connectivity index (χ4n) is 1.61. The quantitative estimate of drug-likeness (QED) is 0.688. The molecular formula is C14H12FNO2S. The molecule has 19 heavy (non-hydrogen) atoms. The molecule has 0 spiro atoms. The molecule has 0 fully saturated rings. The average molecular weight is 277 g/mol. The lowest BCUT2D eigenvalue weighted by atomic mass is 10.1. The van der Waals surface area contributed by atoms with Crippen LogP contribution >= 0.6 is 11.8 Å². The van der Waals surface area contributed by atoms with Crippen molar-refractivity contribution < 1.29 is 13.9 Å². The van der Waals surface area contributed by atoms with E-state index in [1.165, 1.54) is 0 Å². The van der Waals surface area contributed by atoms with Crippen molar-refractivity contribution in [2.24, 2.45) is 5.73 Å². The summed E-state index contributed by atoms with van der Waals surface area (Å²) in [7, 11) is 0. The highest BCUT2D eigenvalue weighted by molar-refractivity contribution is 8.03. The number of hydrogen-bond acceptors (Lipinski definition) is 4. The lowest BCUT2D eigenvalue weighted by molar-refractivity contribution is -0.131. The van der Waals surface area contributed by atoms with Gasteiger partial charge < -0.3 is 10.5 Å². The first-order valence-corrected chi connectivity index (χ1v) is 6.56. The third-order valence-corrected chi connectivity index (χ3v) is 3.24. The van der Waals surface area contributed by atoms with E-state index in [0.29, 0.717) is 5.75 Å². The van der Waals surface area contributed by atoms with Crippen LogP contribution < -0.4 is 10.5 Å². The van der Waals surface area contributed by atoms with Crippen molar-refractivity contribution in [1.29, 1.82) is 0 Å². The Balaban J connectivity index is 2.11. The second kappa shape index (κ2) is 6.24. The number of benzene rings is 2. The third-order valence-electron chi connectivity index (χ3n) is 2.44. The first-order valence-electron chi connectivity index (χ1n) is 5.58. The summed E-state index contributed by atoms with van der Waals surface area (Å²) in [6.45, 7) is 0. The SMILES string of the molecule is N/C(=C\F)SCC(=O)Oc1cccc2ccccc12. The highest BCUT2D eigenvalue weighted by Crippen LogP contribution is 2.25. The van der Waals surface area contributed by atoms with E-state index in [2.05, 4.69) is 0 Å². The van der Waals surface area contributed by atoms with Gasteiger partial charge in [-0.3, -0.25) is 4.79 Å². The van der Waals surface area contributed by atoms with Crippen LogP contribution in [0.25, 0.3) is 10.8 Å². The fourth-order valence-corrected chi connectivity index (χ4v) is 2.02. The second-order valence-corrected chi connectivity index (χ2v) is 4.80. The van der Waals surface area contributed by atoms with Gasteiger partial charge in [0.05, 0.1) is 10.8 Å². The summed E-state index contributed by atoms with van der Waals surface area (Å²) >= 11 is 0.898. The number of carbonyl (C=O) groups is 1. The molecule has 0 aromatic heterocycles. The van der Waals surface area contributed by atoms with Crippen LogP contribution in [0.2, 0.25) is 0 Å². The Hall–Kier alpha value is -2.01. The smallest absolute Gasteiger partial charge is 0.321 e. The molecule has 98 valence electrons. The topological polar surface area (TPSA) is 52.3 Å². The molecule has 0 unspecified atom stereocenters. The van der Waals surface area contributed by atoms with E-state index in [-0.39, 0.29) is 17.1 Å². The predicted molar refractivity (Wildman–Crippen MR) is 75.4 cm³/mol. The zero-order valence-electron chi connectivity index (χ0n) is 10.0. The van der Waals surface area contributed by atoms with Gasteiger partial charge in [0, 0.05) is 5.39 Å². The summed E-state index contributed by atoms with van der Waals surface area (Å²) in [6.07, 6.45) is 0.260. The van der Waals surface area contributed by atoms with Crippen LogP contribution in [0.3, 0.4) is 0 Å². The van der Waals surface area contributed by atoms with Crippen molar-refractivity contribution in [1.82, 2.24) is 0 Å². The molecule has 2 aromatic carbocycles. The van der Waals surface area contributed by atoms with Crippen LogP contribution in [0.5, 0.6) is 5.75 Å². The molecule has 0 aliphatic rings. The normalized spacial score (nSPS) is 11.5. The molecule has 0 saturated heterocycles. The number of thioether (sulfide) groups is 1. The highest BCUT2D eigenvalue weighted by atomic mass is 32.2. The Morgan fingerprint density at radius 3 is 2.79 bits per heavy atom. The van der Waals surface area contributed by atoms with Gasteiger partial charge in [-0.2, -0.15) is 0 Å². The zero-order chi connectivity index (χ0) is 13.7. The van der Waals surface area contributed by atoms with Gasteiger partial charge >= 0.3 is 5.97 Å². The Morgan fingerprint density at radius 2 is 2.00 bits per heavy atom. The maximum absolute atomic E-state index is 12.0. The van der Waals surface area contributed by atoms with Gasteiger partial charge in [0.2, 0.25) is 0 Å². The monoisotopic (exact) mass is 277 g/mol. The first-order chi connectivity index (χ1) is 9.20. The second-order valence-electron chi connectivity index (χ2n) is 3.75. The minimum atomic E-state index is -0.467. The Labute approximate surface area is 114 Å². The van der Waals surface area contributed by atoms with Crippen molar-refractivity contribution in [2.75, 3.05) is 5.75 Å². The molecule has 0 bridgehead atoms. The molecule has 2 N–H and O–H groups in total. The number of ether oxygens (including phenoxy) is 1. The molecule has 5 heteroatoms. The maximum atomic E-state index is 12.0. The van der Waals surface area contributed by atoms with E-state index in [4.69, 9.17) is 10.5 Å². The Bertz CT molecular complexity index is 622. The number of carbonyl (C=O) groups excluding carboxylic acids is 1. The van der Waals surface area contributed by atoms with Crippen molar-refractivity contribution >= 4 is 28.5 Å². The van der Waals surface area contributed by atoms with Crippen molar-refractivity contribution in [3.05, 3.63) is 53.8 Å². The van der Waals surface area contributed by atoms with Gasteiger partial charge in [-0.05, 0) is 11.5 Å². The molecule has 0 aliphatic carbocycles. The van der Waals surface area contributed by atoms with E-state index in [1.54, 1.807) is 6.07 Å². The predicted octanol–water partition coefficient (Wildman–Crippen LogP) is 3.21. The molecule has 2 aromatic rings. The van der Waals surface area contributed by atoms with Gasteiger partial charge in [0.15, 0.2) is 0 Å². The molecular weight excluding hydrogens is 265 g/mol. The summed E-state index contributed by atoms with van der Waals surface area (Å²) in [5, 5.41) is 1.80. The molecule has 0 amide bonds. The molecule has 2 rings (SSSR count). The number of halogens is 1. The number of esters is 1. The maximum Gasteiger partial charge on any atom is 0.321 e. The van der Waals surface area contributed by atoms with Crippen LogP contribution in [0, 0.1) is 0 Å². The van der Waals surface area contributed by atoms with Crippen LogP contribution in [0.15, 0.2) is 53.8 Å². The van der Waals surface area contributed by atoms with Crippen molar-refractivity contribution in [3.63, 3.8) is 0 Å². The summed E-state index contributed by atoms with van der Waals surface area (Å²) in [5.41, 5.74) is 5.25. The molecule has 0 saturated carbocycles. The van der Waals surface area contributed by atoms with Crippen LogP contribution in [0.1, 0.15) is 0 Å². The lowest BCUT2D eigenvalue weighted by Crippen LogP contribution is -2.12. The summed E-state index contributed by atoms with van der Waals surface area (Å²) < 4.78 is 17.3. The molecule has 3 nitrogen and oxygen atoms in total. The van der Waals surface area contributed by atoms with Gasteiger partial charge in [-0.25, -0.2) is 4.39 Å². The zero-order valence-corrected chi connectivity index (χ0v) is 10.8. The van der Waals surface area contributed by atoms with E-state index in [1.807, 2.05) is 36.4 Å². The number of nitrogens with two attached hydrogens (primary N) is 1. The van der Waals surface area contributed by atoms with Gasteiger partial charge in [0.1, 0.15) is 12.1 Å². The van der Waals surface area contributed by atoms with Gasteiger partial charge in [-0.15, -0.1) is 0 Å². The standard InChI is InChI=1S/C14H12FNO2S/c15-8-13(16)19-9-14(17)18-12-7-3-5-10-4-1-2-6-11(10)12/h1-8H,9,16H2/b13-8+.